The second-order valence-electron chi connectivity index (χ2n) is 9.04. The molecular formula is C25H21ClF3N3O3S2. The maximum Gasteiger partial charge on any atom is 0.421 e. The summed E-state index contributed by atoms with van der Waals surface area (Å²) in [5.74, 6) is 0. The van der Waals surface area contributed by atoms with Crippen LogP contribution in [0.1, 0.15) is 41.9 Å². The summed E-state index contributed by atoms with van der Waals surface area (Å²) in [6, 6.07) is 11.8. The van der Waals surface area contributed by atoms with Gasteiger partial charge in [-0.15, -0.1) is 11.3 Å². The summed E-state index contributed by atoms with van der Waals surface area (Å²) in [5, 5.41) is 10.7. The topological polar surface area (TPSA) is 92.2 Å². The van der Waals surface area contributed by atoms with E-state index >= 15 is 0 Å². The molecule has 3 heterocycles. The number of fused-ring (bicyclic) bond motifs is 1. The lowest BCUT2D eigenvalue weighted by Gasteiger charge is -2.26. The van der Waals surface area contributed by atoms with Gasteiger partial charge in [-0.1, -0.05) is 29.8 Å². The van der Waals surface area contributed by atoms with Gasteiger partial charge in [-0.25, -0.2) is 13.1 Å². The SMILES string of the molecule is C[C@@](O)(c1ccnc(-c2cccc3cc([C@H](NS(=O)(=O)C4CC4)c4ncccc4Cl)sc23)c1)C(F)(F)F. The summed E-state index contributed by atoms with van der Waals surface area (Å²) < 4.78 is 69.5. The molecule has 1 fully saturated rings. The van der Waals surface area contributed by atoms with E-state index in [0.717, 1.165) is 11.5 Å². The number of nitrogens with zero attached hydrogens (tertiary/aromatic N) is 2. The molecule has 4 aromatic rings. The van der Waals surface area contributed by atoms with Crippen molar-refractivity contribution >= 4 is 43.0 Å². The Morgan fingerprint density at radius 2 is 1.86 bits per heavy atom. The zero-order valence-corrected chi connectivity index (χ0v) is 21.7. The largest absolute Gasteiger partial charge is 0.421 e. The van der Waals surface area contributed by atoms with Crippen molar-refractivity contribution in [2.24, 2.45) is 0 Å². The molecule has 5 rings (SSSR count). The molecule has 1 saturated carbocycles. The van der Waals surface area contributed by atoms with Crippen LogP contribution in [0.2, 0.25) is 5.02 Å². The smallest absolute Gasteiger partial charge is 0.376 e. The Bertz CT molecular complexity index is 1580. The monoisotopic (exact) mass is 567 g/mol. The minimum absolute atomic E-state index is 0.243. The van der Waals surface area contributed by atoms with Crippen molar-refractivity contribution in [1.29, 1.82) is 0 Å². The van der Waals surface area contributed by atoms with Gasteiger partial charge in [0.25, 0.3) is 0 Å². The highest BCUT2D eigenvalue weighted by Gasteiger charge is 2.51. The van der Waals surface area contributed by atoms with Gasteiger partial charge < -0.3 is 5.11 Å². The third kappa shape index (κ3) is 4.98. The molecular weight excluding hydrogens is 547 g/mol. The van der Waals surface area contributed by atoms with Crippen LogP contribution in [0, 0.1) is 0 Å². The number of aliphatic hydroxyl groups is 1. The van der Waals surface area contributed by atoms with E-state index in [4.69, 9.17) is 11.6 Å². The van der Waals surface area contributed by atoms with Gasteiger partial charge in [-0.3, -0.25) is 9.97 Å². The van der Waals surface area contributed by atoms with Gasteiger partial charge in [0.2, 0.25) is 10.0 Å². The number of sulfonamides is 1. The molecule has 37 heavy (non-hydrogen) atoms. The first-order chi connectivity index (χ1) is 17.4. The van der Waals surface area contributed by atoms with Crippen LogP contribution >= 0.6 is 22.9 Å². The molecule has 1 aliphatic rings. The van der Waals surface area contributed by atoms with Crippen molar-refractivity contribution in [3.8, 4) is 11.3 Å². The molecule has 6 nitrogen and oxygen atoms in total. The van der Waals surface area contributed by atoms with Gasteiger partial charge in [0, 0.05) is 27.5 Å². The predicted octanol–water partition coefficient (Wildman–Crippen LogP) is 5.95. The van der Waals surface area contributed by atoms with Crippen LogP contribution in [0.3, 0.4) is 0 Å². The van der Waals surface area contributed by atoms with Crippen molar-refractivity contribution in [2.75, 3.05) is 0 Å². The third-order valence-electron chi connectivity index (χ3n) is 6.30. The molecule has 194 valence electrons. The van der Waals surface area contributed by atoms with Crippen LogP contribution in [-0.2, 0) is 15.6 Å². The van der Waals surface area contributed by atoms with E-state index in [1.165, 1.54) is 29.8 Å². The summed E-state index contributed by atoms with van der Waals surface area (Å²) in [5.41, 5.74) is -2.25. The van der Waals surface area contributed by atoms with Gasteiger partial charge in [-0.05, 0) is 61.0 Å². The molecule has 12 heteroatoms. The molecule has 0 aliphatic heterocycles. The summed E-state index contributed by atoms with van der Waals surface area (Å²) >= 11 is 7.67. The Hall–Kier alpha value is -2.57. The number of nitrogens with one attached hydrogen (secondary N) is 1. The Morgan fingerprint density at radius 3 is 2.54 bits per heavy atom. The number of hydrogen-bond acceptors (Lipinski definition) is 6. The Kier molecular flexibility index (Phi) is 6.56. The fraction of sp³-hybridized carbons (Fsp3) is 0.280. The van der Waals surface area contributed by atoms with Crippen LogP contribution in [0.25, 0.3) is 21.3 Å². The highest BCUT2D eigenvalue weighted by molar-refractivity contribution is 7.90. The number of hydrogen-bond donors (Lipinski definition) is 2. The number of aromatic nitrogens is 2. The molecule has 0 spiro atoms. The van der Waals surface area contributed by atoms with Crippen LogP contribution in [0.15, 0.2) is 60.9 Å². The Balaban J connectivity index is 1.62. The van der Waals surface area contributed by atoms with Crippen molar-refractivity contribution < 1.29 is 26.7 Å². The molecule has 2 atom stereocenters. The van der Waals surface area contributed by atoms with Crippen LogP contribution in [0.4, 0.5) is 13.2 Å². The lowest BCUT2D eigenvalue weighted by atomic mass is 9.94. The number of pyridine rings is 2. The fourth-order valence-corrected chi connectivity index (χ4v) is 7.03. The molecule has 0 amide bonds. The molecule has 0 radical (unpaired) electrons. The molecule has 3 aromatic heterocycles. The molecule has 2 N–H and O–H groups in total. The standard InChI is InChI=1S/C25H21ClF3N3O3S2/c1-24(33,25(27,28)29)15-9-11-30-19(13-15)17-5-2-4-14-12-20(36-23(14)17)22(21-18(26)6-3-10-31-21)32-37(34,35)16-7-8-16/h2-6,9-13,16,22,32-33H,7-8H2,1H3/t22-,24+/m0/s1. The van der Waals surface area contributed by atoms with E-state index in [9.17, 15) is 26.7 Å². The first-order valence-electron chi connectivity index (χ1n) is 11.3. The zero-order chi connectivity index (χ0) is 26.6. The quantitative estimate of drug-likeness (QED) is 0.288. The molecule has 0 saturated heterocycles. The summed E-state index contributed by atoms with van der Waals surface area (Å²) in [4.78, 5) is 9.20. The molecule has 1 aromatic carbocycles. The molecule has 0 bridgehead atoms. The van der Waals surface area contributed by atoms with Gasteiger partial charge in [0.15, 0.2) is 5.60 Å². The van der Waals surface area contributed by atoms with E-state index < -0.39 is 33.1 Å². The normalized spacial score (nSPS) is 17.0. The van der Waals surface area contributed by atoms with Gasteiger partial charge in [0.1, 0.15) is 0 Å². The van der Waals surface area contributed by atoms with Crippen molar-refractivity contribution in [3.63, 3.8) is 0 Å². The highest BCUT2D eigenvalue weighted by atomic mass is 35.5. The highest BCUT2D eigenvalue weighted by Crippen LogP contribution is 2.42. The summed E-state index contributed by atoms with van der Waals surface area (Å²) in [7, 11) is -3.62. The Labute approximate surface area is 220 Å². The third-order valence-corrected chi connectivity index (χ3v) is 9.79. The minimum atomic E-state index is -4.87. The minimum Gasteiger partial charge on any atom is -0.376 e. The molecule has 0 unspecified atom stereocenters. The summed E-state index contributed by atoms with van der Waals surface area (Å²) in [6.07, 6.45) is -0.961. The first kappa shape index (κ1) is 26.1. The fourth-order valence-electron chi connectivity index (χ4n) is 3.97. The van der Waals surface area contributed by atoms with Crippen LogP contribution in [0.5, 0.6) is 0 Å². The first-order valence-corrected chi connectivity index (χ1v) is 14.0. The van der Waals surface area contributed by atoms with Gasteiger partial charge in [-0.2, -0.15) is 13.2 Å². The maximum atomic E-state index is 13.4. The van der Waals surface area contributed by atoms with E-state index in [1.54, 1.807) is 24.3 Å². The number of halogens is 4. The van der Waals surface area contributed by atoms with E-state index in [2.05, 4.69) is 14.7 Å². The average molecular weight is 568 g/mol. The lowest BCUT2D eigenvalue weighted by molar-refractivity contribution is -0.258. The number of benzene rings is 1. The molecule has 1 aliphatic carbocycles. The van der Waals surface area contributed by atoms with Gasteiger partial charge in [0.05, 0.1) is 27.7 Å². The second-order valence-corrected chi connectivity index (χ2v) is 12.5. The van der Waals surface area contributed by atoms with Crippen LogP contribution in [-0.4, -0.2) is 34.9 Å². The van der Waals surface area contributed by atoms with Crippen molar-refractivity contribution in [1.82, 2.24) is 14.7 Å². The van der Waals surface area contributed by atoms with Gasteiger partial charge >= 0.3 is 6.18 Å². The number of rotatable bonds is 7. The second kappa shape index (κ2) is 9.32. The van der Waals surface area contributed by atoms with Crippen LogP contribution < -0.4 is 4.72 Å². The van der Waals surface area contributed by atoms with E-state index in [1.807, 2.05) is 12.1 Å². The number of alkyl halides is 3. The summed E-state index contributed by atoms with van der Waals surface area (Å²) in [6.45, 7) is 0.698. The van der Waals surface area contributed by atoms with E-state index in [0.29, 0.717) is 45.6 Å². The number of thiophene rings is 1. The van der Waals surface area contributed by atoms with E-state index in [-0.39, 0.29) is 11.3 Å². The average Bonchev–Trinajstić information content (AvgIpc) is 3.62. The zero-order valence-electron chi connectivity index (χ0n) is 19.3. The Morgan fingerprint density at radius 1 is 1.11 bits per heavy atom. The van der Waals surface area contributed by atoms with Crippen molar-refractivity contribution in [3.05, 3.63) is 82.1 Å². The maximum absolute atomic E-state index is 13.4. The van der Waals surface area contributed by atoms with Crippen molar-refractivity contribution in [2.45, 2.75) is 42.8 Å². The predicted molar refractivity (Wildman–Crippen MR) is 137 cm³/mol. The lowest BCUT2D eigenvalue weighted by Crippen LogP contribution is -2.39.